The molecule has 0 saturated heterocycles. The van der Waals surface area contributed by atoms with Crippen LogP contribution in [0.3, 0.4) is 0 Å². The summed E-state index contributed by atoms with van der Waals surface area (Å²) in [5.74, 6) is -1.89. The van der Waals surface area contributed by atoms with Crippen molar-refractivity contribution in [2.75, 3.05) is 25.0 Å². The molecular formula is C19H27F2N3O2. The van der Waals surface area contributed by atoms with Crippen LogP contribution in [0.5, 0.6) is 0 Å². The fourth-order valence-corrected chi connectivity index (χ4v) is 3.26. The first kappa shape index (κ1) is 20.3. The number of nitrogens with zero attached hydrogens (tertiary/aromatic N) is 1. The van der Waals surface area contributed by atoms with E-state index in [0.29, 0.717) is 12.5 Å². The van der Waals surface area contributed by atoms with E-state index in [2.05, 4.69) is 17.6 Å². The van der Waals surface area contributed by atoms with Gasteiger partial charge in [0.05, 0.1) is 13.1 Å². The number of amides is 2. The lowest BCUT2D eigenvalue weighted by Crippen LogP contribution is -2.47. The van der Waals surface area contributed by atoms with Crippen molar-refractivity contribution in [2.24, 2.45) is 5.92 Å². The minimum atomic E-state index is -0.828. The highest BCUT2D eigenvalue weighted by Crippen LogP contribution is 2.23. The van der Waals surface area contributed by atoms with Gasteiger partial charge in [-0.15, -0.1) is 0 Å². The average Bonchev–Trinajstić information content (AvgIpc) is 2.59. The number of likely N-dealkylation sites (N-methyl/N-ethyl adjacent to an activating group) is 1. The van der Waals surface area contributed by atoms with Gasteiger partial charge in [-0.2, -0.15) is 0 Å². The maximum absolute atomic E-state index is 13.6. The second-order valence-corrected chi connectivity index (χ2v) is 6.88. The topological polar surface area (TPSA) is 61.4 Å². The highest BCUT2D eigenvalue weighted by Gasteiger charge is 2.24. The van der Waals surface area contributed by atoms with Crippen molar-refractivity contribution in [3.63, 3.8) is 0 Å². The number of carbonyl (C=O) groups is 2. The molecule has 0 aromatic heterocycles. The predicted molar refractivity (Wildman–Crippen MR) is 96.7 cm³/mol. The van der Waals surface area contributed by atoms with Crippen LogP contribution >= 0.6 is 0 Å². The number of para-hydroxylation sites is 1. The van der Waals surface area contributed by atoms with Crippen molar-refractivity contribution in [3.8, 4) is 0 Å². The van der Waals surface area contributed by atoms with Gasteiger partial charge in [-0.3, -0.25) is 14.5 Å². The van der Waals surface area contributed by atoms with E-state index >= 15 is 0 Å². The first-order valence-corrected chi connectivity index (χ1v) is 9.16. The fourth-order valence-electron chi connectivity index (χ4n) is 3.26. The van der Waals surface area contributed by atoms with Gasteiger partial charge in [0.2, 0.25) is 11.8 Å². The molecule has 2 atom stereocenters. The summed E-state index contributed by atoms with van der Waals surface area (Å²) in [4.78, 5) is 26.0. The van der Waals surface area contributed by atoms with Crippen LogP contribution in [0.15, 0.2) is 18.2 Å². The number of hydrogen-bond donors (Lipinski definition) is 2. The van der Waals surface area contributed by atoms with Gasteiger partial charge in [-0.25, -0.2) is 8.78 Å². The number of rotatable bonds is 7. The molecule has 1 fully saturated rings. The Morgan fingerprint density at radius 2 is 1.73 bits per heavy atom. The van der Waals surface area contributed by atoms with E-state index in [4.69, 9.17) is 0 Å². The Bertz CT molecular complexity index is 619. The lowest BCUT2D eigenvalue weighted by molar-refractivity contribution is -0.124. The number of benzene rings is 1. The fraction of sp³-hybridized carbons (Fsp3) is 0.579. The minimum absolute atomic E-state index is 0.0763. The highest BCUT2D eigenvalue weighted by atomic mass is 19.1. The van der Waals surface area contributed by atoms with Crippen LogP contribution in [0.25, 0.3) is 0 Å². The summed E-state index contributed by atoms with van der Waals surface area (Å²) in [6.07, 6.45) is 4.40. The molecule has 2 amide bonds. The van der Waals surface area contributed by atoms with E-state index in [1.807, 2.05) is 6.92 Å². The molecule has 144 valence electrons. The van der Waals surface area contributed by atoms with Crippen LogP contribution in [0, 0.1) is 17.6 Å². The van der Waals surface area contributed by atoms with Crippen LogP contribution in [0.2, 0.25) is 0 Å². The quantitative estimate of drug-likeness (QED) is 0.779. The third-order valence-corrected chi connectivity index (χ3v) is 4.87. The van der Waals surface area contributed by atoms with Crippen LogP contribution in [0.4, 0.5) is 14.5 Å². The second kappa shape index (κ2) is 9.62. The number of hydrogen-bond acceptors (Lipinski definition) is 3. The number of halogens is 2. The molecule has 1 aliphatic carbocycles. The lowest BCUT2D eigenvalue weighted by Gasteiger charge is -2.30. The number of nitrogens with one attached hydrogen (secondary N) is 2. The summed E-state index contributed by atoms with van der Waals surface area (Å²) in [5.41, 5.74) is -0.464. The lowest BCUT2D eigenvalue weighted by atomic mass is 9.86. The molecule has 2 rings (SSSR count). The Balaban J connectivity index is 1.86. The van der Waals surface area contributed by atoms with Gasteiger partial charge in [0, 0.05) is 6.04 Å². The van der Waals surface area contributed by atoms with Gasteiger partial charge in [-0.05, 0) is 37.4 Å². The molecule has 0 spiro atoms. The second-order valence-electron chi connectivity index (χ2n) is 6.88. The van der Waals surface area contributed by atoms with Crippen LogP contribution in [-0.4, -0.2) is 42.4 Å². The van der Waals surface area contributed by atoms with E-state index in [-0.39, 0.29) is 25.0 Å². The average molecular weight is 367 g/mol. The standard InChI is InChI=1S/C19H27F2N3O2/c1-3-24(11-17(25)22-16-10-5-4-7-13(16)2)12-18(26)23-19-14(20)8-6-9-15(19)21/h6,8-9,13,16H,3-5,7,10-12H2,1-2H3,(H,22,25)(H,23,26)/t13-,16-/m1/s1. The molecule has 0 radical (unpaired) electrons. The monoisotopic (exact) mass is 367 g/mol. The van der Waals surface area contributed by atoms with E-state index in [9.17, 15) is 18.4 Å². The molecule has 0 unspecified atom stereocenters. The molecule has 0 heterocycles. The molecule has 1 aromatic rings. The van der Waals surface area contributed by atoms with Crippen LogP contribution in [-0.2, 0) is 9.59 Å². The van der Waals surface area contributed by atoms with E-state index in [1.54, 1.807) is 4.90 Å². The van der Waals surface area contributed by atoms with Crippen molar-refractivity contribution >= 4 is 17.5 Å². The van der Waals surface area contributed by atoms with E-state index in [1.165, 1.54) is 12.5 Å². The molecule has 1 saturated carbocycles. The Labute approximate surface area is 153 Å². The summed E-state index contributed by atoms with van der Waals surface area (Å²) in [7, 11) is 0. The first-order chi connectivity index (χ1) is 12.4. The van der Waals surface area contributed by atoms with Crippen molar-refractivity contribution in [1.82, 2.24) is 10.2 Å². The van der Waals surface area contributed by atoms with Crippen molar-refractivity contribution < 1.29 is 18.4 Å². The largest absolute Gasteiger partial charge is 0.352 e. The first-order valence-electron chi connectivity index (χ1n) is 9.16. The van der Waals surface area contributed by atoms with Gasteiger partial charge < -0.3 is 10.6 Å². The molecule has 2 N–H and O–H groups in total. The molecule has 0 bridgehead atoms. The van der Waals surface area contributed by atoms with E-state index < -0.39 is 23.2 Å². The summed E-state index contributed by atoms with van der Waals surface area (Å²) >= 11 is 0. The maximum atomic E-state index is 13.6. The minimum Gasteiger partial charge on any atom is -0.352 e. The summed E-state index contributed by atoms with van der Waals surface area (Å²) in [5, 5.41) is 5.28. The molecule has 7 heteroatoms. The molecule has 0 aliphatic heterocycles. The van der Waals surface area contributed by atoms with Gasteiger partial charge in [-0.1, -0.05) is 32.8 Å². The van der Waals surface area contributed by atoms with E-state index in [0.717, 1.165) is 31.4 Å². The molecule has 1 aromatic carbocycles. The van der Waals surface area contributed by atoms with Gasteiger partial charge >= 0.3 is 0 Å². The maximum Gasteiger partial charge on any atom is 0.238 e. The molecule has 1 aliphatic rings. The molecule has 5 nitrogen and oxygen atoms in total. The summed E-state index contributed by atoms with van der Waals surface area (Å²) in [6, 6.07) is 3.57. The zero-order chi connectivity index (χ0) is 19.1. The third kappa shape index (κ3) is 5.76. The van der Waals surface area contributed by atoms with Gasteiger partial charge in [0.15, 0.2) is 0 Å². The molecular weight excluding hydrogens is 340 g/mol. The predicted octanol–water partition coefficient (Wildman–Crippen LogP) is 2.92. The van der Waals surface area contributed by atoms with Crippen LogP contribution < -0.4 is 10.6 Å². The Morgan fingerprint density at radius 3 is 2.35 bits per heavy atom. The molecule has 26 heavy (non-hydrogen) atoms. The van der Waals surface area contributed by atoms with Gasteiger partial charge in [0.1, 0.15) is 17.3 Å². The van der Waals surface area contributed by atoms with Gasteiger partial charge in [0.25, 0.3) is 0 Å². The van der Waals surface area contributed by atoms with Crippen LogP contribution in [0.1, 0.15) is 39.5 Å². The normalized spacial score (nSPS) is 20.0. The number of anilines is 1. The Kier molecular flexibility index (Phi) is 7.50. The summed E-state index contributed by atoms with van der Waals surface area (Å²) in [6.45, 7) is 4.40. The zero-order valence-electron chi connectivity index (χ0n) is 15.4. The summed E-state index contributed by atoms with van der Waals surface area (Å²) < 4.78 is 27.2. The number of carbonyl (C=O) groups excluding carboxylic acids is 2. The Hall–Kier alpha value is -2.02. The van der Waals surface area contributed by atoms with Crippen molar-refractivity contribution in [1.29, 1.82) is 0 Å². The third-order valence-electron chi connectivity index (χ3n) is 4.87. The highest BCUT2D eigenvalue weighted by molar-refractivity contribution is 5.92. The smallest absolute Gasteiger partial charge is 0.238 e. The van der Waals surface area contributed by atoms with Crippen molar-refractivity contribution in [3.05, 3.63) is 29.8 Å². The van der Waals surface area contributed by atoms with Crippen molar-refractivity contribution in [2.45, 2.75) is 45.6 Å². The SMILES string of the molecule is CCN(CC(=O)Nc1c(F)cccc1F)CC(=O)N[C@@H]1CCCC[C@H]1C. The zero-order valence-corrected chi connectivity index (χ0v) is 15.4. The Morgan fingerprint density at radius 1 is 1.12 bits per heavy atom.